The van der Waals surface area contributed by atoms with Crippen LogP contribution in [0.3, 0.4) is 0 Å². The van der Waals surface area contributed by atoms with Crippen LogP contribution in [0.1, 0.15) is 6.92 Å². The maximum atomic E-state index is 2.19. The van der Waals surface area contributed by atoms with Crippen LogP contribution in [0.2, 0.25) is 0 Å². The zero-order valence-electron chi connectivity index (χ0n) is 4.59. The highest BCUT2D eigenvalue weighted by Gasteiger charge is 2.07. The molecular weight excluding hydrogens is 106 g/mol. The zero-order valence-corrected chi connectivity index (χ0v) is 5.40. The molecule has 1 aliphatic rings. The van der Waals surface area contributed by atoms with Gasteiger partial charge in [-0.15, -0.1) is 11.8 Å². The maximum absolute atomic E-state index is 2.19. The summed E-state index contributed by atoms with van der Waals surface area (Å²) < 4.78 is 0. The van der Waals surface area contributed by atoms with E-state index in [0.717, 1.165) is 0 Å². The summed E-state index contributed by atoms with van der Waals surface area (Å²) >= 11 is 1.85. The molecule has 7 heavy (non-hydrogen) atoms. The van der Waals surface area contributed by atoms with E-state index in [0.29, 0.717) is 5.37 Å². The van der Waals surface area contributed by atoms with E-state index in [1.54, 1.807) is 0 Å². The zero-order chi connectivity index (χ0) is 5.28. The van der Waals surface area contributed by atoms with E-state index in [1.165, 1.54) is 0 Å². The molecule has 1 heterocycles. The predicted octanol–water partition coefficient (Wildman–Crippen LogP) is 1.48. The largest absolute Gasteiger partial charge is 0.368 e. The maximum Gasteiger partial charge on any atom is 0.0754 e. The van der Waals surface area contributed by atoms with Gasteiger partial charge in [0.1, 0.15) is 0 Å². The van der Waals surface area contributed by atoms with Crippen LogP contribution in [0.15, 0.2) is 11.6 Å². The molecule has 0 aromatic carbocycles. The Labute approximate surface area is 48.4 Å². The van der Waals surface area contributed by atoms with Crippen molar-refractivity contribution >= 4 is 11.8 Å². The van der Waals surface area contributed by atoms with Crippen molar-refractivity contribution in [3.05, 3.63) is 11.6 Å². The fraction of sp³-hybridized carbons (Fsp3) is 0.600. The number of thioether (sulfide) groups is 1. The lowest BCUT2D eigenvalue weighted by atomic mass is 10.6. The van der Waals surface area contributed by atoms with Gasteiger partial charge in [-0.2, -0.15) is 0 Å². The van der Waals surface area contributed by atoms with E-state index in [1.807, 2.05) is 11.8 Å². The summed E-state index contributed by atoms with van der Waals surface area (Å²) in [6.07, 6.45) is 2.09. The van der Waals surface area contributed by atoms with Gasteiger partial charge < -0.3 is 4.90 Å². The molecule has 0 unspecified atom stereocenters. The molecule has 1 aliphatic heterocycles. The second-order valence-electron chi connectivity index (χ2n) is 1.69. The summed E-state index contributed by atoms with van der Waals surface area (Å²) in [6, 6.07) is 0. The van der Waals surface area contributed by atoms with Crippen molar-refractivity contribution in [3.63, 3.8) is 0 Å². The van der Waals surface area contributed by atoms with E-state index in [-0.39, 0.29) is 0 Å². The fourth-order valence-electron chi connectivity index (χ4n) is 0.462. The summed E-state index contributed by atoms with van der Waals surface area (Å²) in [5, 5.41) is 2.77. The number of hydrogen-bond donors (Lipinski definition) is 0. The molecule has 0 spiro atoms. The molecule has 0 aliphatic carbocycles. The first kappa shape index (κ1) is 5.04. The monoisotopic (exact) mass is 115 g/mol. The lowest BCUT2D eigenvalue weighted by Crippen LogP contribution is -2.14. The van der Waals surface area contributed by atoms with Gasteiger partial charge in [0, 0.05) is 13.2 Å². The van der Waals surface area contributed by atoms with Crippen molar-refractivity contribution in [3.8, 4) is 0 Å². The van der Waals surface area contributed by atoms with Gasteiger partial charge in [0.15, 0.2) is 0 Å². The van der Waals surface area contributed by atoms with Crippen molar-refractivity contribution in [2.75, 3.05) is 7.05 Å². The summed E-state index contributed by atoms with van der Waals surface area (Å²) in [7, 11) is 2.08. The Hall–Kier alpha value is -0.110. The number of rotatable bonds is 0. The Bertz CT molecular complexity index is 90.1. The quantitative estimate of drug-likeness (QED) is 0.470. The van der Waals surface area contributed by atoms with Crippen LogP contribution < -0.4 is 0 Å². The van der Waals surface area contributed by atoms with Gasteiger partial charge in [-0.3, -0.25) is 0 Å². The molecule has 0 radical (unpaired) electrons. The molecular formula is C5H9NS. The topological polar surface area (TPSA) is 3.24 Å². The Morgan fingerprint density at radius 1 is 1.71 bits per heavy atom. The van der Waals surface area contributed by atoms with Gasteiger partial charge in [0.25, 0.3) is 0 Å². The van der Waals surface area contributed by atoms with Crippen molar-refractivity contribution in [2.45, 2.75) is 12.3 Å². The molecule has 0 fully saturated rings. The highest BCUT2D eigenvalue weighted by Crippen LogP contribution is 2.21. The summed E-state index contributed by atoms with van der Waals surface area (Å²) in [6.45, 7) is 2.19. The molecule has 0 aromatic rings. The van der Waals surface area contributed by atoms with Gasteiger partial charge in [-0.1, -0.05) is 0 Å². The van der Waals surface area contributed by atoms with Gasteiger partial charge >= 0.3 is 0 Å². The molecule has 0 aromatic heterocycles. The van der Waals surface area contributed by atoms with Crippen molar-refractivity contribution in [1.29, 1.82) is 0 Å². The van der Waals surface area contributed by atoms with Crippen LogP contribution in [0.5, 0.6) is 0 Å². The minimum Gasteiger partial charge on any atom is -0.368 e. The average Bonchev–Trinajstić information content (AvgIpc) is 1.91. The first-order valence-electron chi connectivity index (χ1n) is 2.35. The summed E-state index contributed by atoms with van der Waals surface area (Å²) in [5.41, 5.74) is 0. The average molecular weight is 115 g/mol. The van der Waals surface area contributed by atoms with Gasteiger partial charge in [-0.05, 0) is 12.3 Å². The highest BCUT2D eigenvalue weighted by molar-refractivity contribution is 8.02. The molecule has 1 atom stereocenters. The molecule has 1 nitrogen and oxygen atoms in total. The Morgan fingerprint density at radius 3 is 2.57 bits per heavy atom. The first-order chi connectivity index (χ1) is 3.30. The molecule has 40 valence electrons. The van der Waals surface area contributed by atoms with Gasteiger partial charge in [0.2, 0.25) is 0 Å². The molecule has 0 N–H and O–H groups in total. The lowest BCUT2D eigenvalue weighted by molar-refractivity contribution is 0.460. The molecule has 2 heteroatoms. The second-order valence-corrected chi connectivity index (χ2v) is 2.91. The van der Waals surface area contributed by atoms with E-state index in [2.05, 4.69) is 30.5 Å². The Kier molecular flexibility index (Phi) is 1.28. The predicted molar refractivity (Wildman–Crippen MR) is 34.0 cm³/mol. The van der Waals surface area contributed by atoms with Crippen LogP contribution in [0, 0.1) is 0 Å². The van der Waals surface area contributed by atoms with Crippen molar-refractivity contribution < 1.29 is 0 Å². The minimum atomic E-state index is 0.653. The summed E-state index contributed by atoms with van der Waals surface area (Å²) in [4.78, 5) is 2.19. The van der Waals surface area contributed by atoms with Crippen molar-refractivity contribution in [2.24, 2.45) is 0 Å². The first-order valence-corrected chi connectivity index (χ1v) is 3.29. The van der Waals surface area contributed by atoms with Gasteiger partial charge in [0.05, 0.1) is 5.37 Å². The smallest absolute Gasteiger partial charge is 0.0754 e. The standard InChI is InChI=1S/C5H9NS/c1-5-6(2)3-4-7-5/h3-5H,1-2H3/t5-/m0/s1. The Morgan fingerprint density at radius 2 is 2.43 bits per heavy atom. The molecule has 1 rings (SSSR count). The molecule has 0 amide bonds. The Balaban J connectivity index is 2.45. The molecule has 0 saturated heterocycles. The van der Waals surface area contributed by atoms with E-state index in [9.17, 15) is 0 Å². The van der Waals surface area contributed by atoms with Gasteiger partial charge in [-0.25, -0.2) is 0 Å². The number of nitrogens with zero attached hydrogens (tertiary/aromatic N) is 1. The lowest BCUT2D eigenvalue weighted by Gasteiger charge is -2.12. The number of hydrogen-bond acceptors (Lipinski definition) is 2. The van der Waals surface area contributed by atoms with Crippen LogP contribution in [-0.4, -0.2) is 17.3 Å². The summed E-state index contributed by atoms with van der Waals surface area (Å²) in [5.74, 6) is 0. The minimum absolute atomic E-state index is 0.653. The van der Waals surface area contributed by atoms with E-state index in [4.69, 9.17) is 0 Å². The van der Waals surface area contributed by atoms with Crippen LogP contribution >= 0.6 is 11.8 Å². The third-order valence-electron chi connectivity index (χ3n) is 1.15. The SMILES string of the molecule is C[C@@H]1SC=CN1C. The van der Waals surface area contributed by atoms with E-state index >= 15 is 0 Å². The third kappa shape index (κ3) is 0.911. The van der Waals surface area contributed by atoms with Crippen LogP contribution in [-0.2, 0) is 0 Å². The fourth-order valence-corrected chi connectivity index (χ4v) is 1.21. The van der Waals surface area contributed by atoms with E-state index < -0.39 is 0 Å². The third-order valence-corrected chi connectivity index (χ3v) is 2.15. The van der Waals surface area contributed by atoms with Crippen LogP contribution in [0.4, 0.5) is 0 Å². The highest BCUT2D eigenvalue weighted by atomic mass is 32.2. The van der Waals surface area contributed by atoms with Crippen molar-refractivity contribution in [1.82, 2.24) is 4.90 Å². The molecule has 0 bridgehead atoms. The molecule has 0 saturated carbocycles. The van der Waals surface area contributed by atoms with Crippen LogP contribution in [0.25, 0.3) is 0 Å². The second kappa shape index (κ2) is 1.78. The normalized spacial score (nSPS) is 29.4.